The summed E-state index contributed by atoms with van der Waals surface area (Å²) in [7, 11) is 0. The van der Waals surface area contributed by atoms with Crippen molar-refractivity contribution in [1.82, 2.24) is 0 Å². The van der Waals surface area contributed by atoms with Crippen molar-refractivity contribution in [3.8, 4) is 0 Å². The third-order valence-corrected chi connectivity index (χ3v) is 4.33. The van der Waals surface area contributed by atoms with Gasteiger partial charge in [-0.1, -0.05) is 6.07 Å². The van der Waals surface area contributed by atoms with E-state index in [2.05, 4.69) is 36.8 Å². The Morgan fingerprint density at radius 2 is 2.07 bits per heavy atom. The molecule has 1 aromatic carbocycles. The van der Waals surface area contributed by atoms with Crippen molar-refractivity contribution in [1.29, 1.82) is 0 Å². The molecule has 0 saturated carbocycles. The quantitative estimate of drug-likeness (QED) is 0.793. The van der Waals surface area contributed by atoms with Crippen molar-refractivity contribution in [3.63, 3.8) is 0 Å². The van der Waals surface area contributed by atoms with E-state index in [0.717, 1.165) is 21.2 Å². The summed E-state index contributed by atoms with van der Waals surface area (Å²) in [6.07, 6.45) is 0.666. The summed E-state index contributed by atoms with van der Waals surface area (Å²) in [5.74, 6) is 0.317. The Bertz CT molecular complexity index is 378. The second kappa shape index (κ2) is 4.03. The van der Waals surface area contributed by atoms with Gasteiger partial charge >= 0.3 is 0 Å². The molecule has 0 amide bonds. The minimum Gasteiger partial charge on any atom is -0.363 e. The first-order valence-electron chi connectivity index (χ1n) is 4.39. The van der Waals surface area contributed by atoms with Crippen LogP contribution in [0.15, 0.2) is 27.1 Å². The van der Waals surface area contributed by atoms with E-state index in [0.29, 0.717) is 18.7 Å². The molecule has 1 aliphatic rings. The molecule has 0 unspecified atom stereocenters. The number of rotatable bonds is 1. The number of halogens is 2. The SMILES string of the molecule is O=C1CCN(c2cccc(Br)c2Br)C1. The van der Waals surface area contributed by atoms with Gasteiger partial charge in [-0.3, -0.25) is 4.79 Å². The molecule has 0 radical (unpaired) electrons. The third-order valence-electron chi connectivity index (χ3n) is 2.30. The Labute approximate surface area is 99.5 Å². The van der Waals surface area contributed by atoms with Gasteiger partial charge in [0.1, 0.15) is 0 Å². The molecule has 0 atom stereocenters. The van der Waals surface area contributed by atoms with Gasteiger partial charge < -0.3 is 4.90 Å². The maximum atomic E-state index is 11.2. The van der Waals surface area contributed by atoms with Gasteiger partial charge in [0.25, 0.3) is 0 Å². The summed E-state index contributed by atoms with van der Waals surface area (Å²) in [6, 6.07) is 5.98. The van der Waals surface area contributed by atoms with Gasteiger partial charge in [-0.05, 0) is 44.0 Å². The lowest BCUT2D eigenvalue weighted by Crippen LogP contribution is -2.19. The van der Waals surface area contributed by atoms with Gasteiger partial charge in [0.05, 0.1) is 16.7 Å². The smallest absolute Gasteiger partial charge is 0.153 e. The first kappa shape index (κ1) is 10.2. The number of nitrogens with zero attached hydrogens (tertiary/aromatic N) is 1. The fourth-order valence-electron chi connectivity index (χ4n) is 1.57. The van der Waals surface area contributed by atoms with Crippen LogP contribution in [0.25, 0.3) is 0 Å². The molecule has 4 heteroatoms. The molecule has 14 heavy (non-hydrogen) atoms. The van der Waals surface area contributed by atoms with Crippen molar-refractivity contribution in [3.05, 3.63) is 27.1 Å². The van der Waals surface area contributed by atoms with Crippen LogP contribution in [0.3, 0.4) is 0 Å². The van der Waals surface area contributed by atoms with Crippen molar-refractivity contribution >= 4 is 43.3 Å². The minimum atomic E-state index is 0.317. The van der Waals surface area contributed by atoms with E-state index in [9.17, 15) is 4.79 Å². The molecule has 1 aliphatic heterocycles. The molecule has 0 aliphatic carbocycles. The molecular formula is C10H9Br2NO. The Hall–Kier alpha value is -0.350. The van der Waals surface area contributed by atoms with E-state index < -0.39 is 0 Å². The molecule has 2 nitrogen and oxygen atoms in total. The molecule has 1 aromatic rings. The Kier molecular flexibility index (Phi) is 2.93. The van der Waals surface area contributed by atoms with Gasteiger partial charge in [-0.25, -0.2) is 0 Å². The van der Waals surface area contributed by atoms with E-state index in [1.165, 1.54) is 0 Å². The Balaban J connectivity index is 2.32. The topological polar surface area (TPSA) is 20.3 Å². The van der Waals surface area contributed by atoms with E-state index in [-0.39, 0.29) is 0 Å². The maximum absolute atomic E-state index is 11.2. The fraction of sp³-hybridized carbons (Fsp3) is 0.300. The predicted molar refractivity (Wildman–Crippen MR) is 63.7 cm³/mol. The number of carbonyl (C=O) groups is 1. The summed E-state index contributed by atoms with van der Waals surface area (Å²) >= 11 is 6.96. The fourth-order valence-corrected chi connectivity index (χ4v) is 2.44. The normalized spacial score (nSPS) is 16.4. The van der Waals surface area contributed by atoms with Gasteiger partial charge in [0, 0.05) is 17.4 Å². The second-order valence-corrected chi connectivity index (χ2v) is 4.93. The summed E-state index contributed by atoms with van der Waals surface area (Å²) in [4.78, 5) is 13.2. The highest BCUT2D eigenvalue weighted by Crippen LogP contribution is 2.34. The molecule has 74 valence electrons. The predicted octanol–water partition coefficient (Wildman–Crippen LogP) is 2.99. The molecule has 1 fully saturated rings. The van der Waals surface area contributed by atoms with Crippen molar-refractivity contribution in [2.24, 2.45) is 0 Å². The first-order chi connectivity index (χ1) is 6.68. The standard InChI is InChI=1S/C10H9Br2NO/c11-8-2-1-3-9(10(8)12)13-5-4-7(14)6-13/h1-3H,4-6H2. The molecule has 2 rings (SSSR count). The number of carbonyl (C=O) groups excluding carboxylic acids is 1. The Morgan fingerprint density at radius 1 is 1.29 bits per heavy atom. The van der Waals surface area contributed by atoms with Crippen LogP contribution < -0.4 is 4.90 Å². The van der Waals surface area contributed by atoms with Crippen molar-refractivity contribution in [2.45, 2.75) is 6.42 Å². The molecule has 0 spiro atoms. The zero-order valence-electron chi connectivity index (χ0n) is 7.46. The zero-order chi connectivity index (χ0) is 10.1. The van der Waals surface area contributed by atoms with Crippen LogP contribution in [0.2, 0.25) is 0 Å². The number of hydrogen-bond acceptors (Lipinski definition) is 2. The summed E-state index contributed by atoms with van der Waals surface area (Å²) < 4.78 is 2.05. The van der Waals surface area contributed by atoms with E-state index in [4.69, 9.17) is 0 Å². The summed E-state index contributed by atoms with van der Waals surface area (Å²) in [5, 5.41) is 0. The van der Waals surface area contributed by atoms with Crippen molar-refractivity contribution in [2.75, 3.05) is 18.0 Å². The van der Waals surface area contributed by atoms with Crippen LogP contribution in [0.1, 0.15) is 6.42 Å². The summed E-state index contributed by atoms with van der Waals surface area (Å²) in [6.45, 7) is 1.36. The minimum absolute atomic E-state index is 0.317. The highest BCUT2D eigenvalue weighted by atomic mass is 79.9. The monoisotopic (exact) mass is 317 g/mol. The molecule has 0 bridgehead atoms. The first-order valence-corrected chi connectivity index (χ1v) is 5.98. The molecule has 0 N–H and O–H groups in total. The highest BCUT2D eigenvalue weighted by Gasteiger charge is 2.21. The van der Waals surface area contributed by atoms with Crippen LogP contribution in [0.5, 0.6) is 0 Å². The molecular weight excluding hydrogens is 310 g/mol. The van der Waals surface area contributed by atoms with Gasteiger partial charge in [0.15, 0.2) is 5.78 Å². The van der Waals surface area contributed by atoms with Crippen LogP contribution in [0.4, 0.5) is 5.69 Å². The lowest BCUT2D eigenvalue weighted by Gasteiger charge is -2.18. The van der Waals surface area contributed by atoms with Crippen LogP contribution in [0, 0.1) is 0 Å². The van der Waals surface area contributed by atoms with Crippen molar-refractivity contribution < 1.29 is 4.79 Å². The van der Waals surface area contributed by atoms with Crippen LogP contribution in [-0.2, 0) is 4.79 Å². The third kappa shape index (κ3) is 1.86. The molecule has 1 heterocycles. The number of Topliss-reactive ketones (excluding diaryl/α,β-unsaturated/α-hetero) is 1. The number of hydrogen-bond donors (Lipinski definition) is 0. The second-order valence-electron chi connectivity index (χ2n) is 3.28. The number of anilines is 1. The number of ketones is 1. The lowest BCUT2D eigenvalue weighted by atomic mass is 10.3. The van der Waals surface area contributed by atoms with E-state index in [1.54, 1.807) is 0 Å². The maximum Gasteiger partial charge on any atom is 0.153 e. The van der Waals surface area contributed by atoms with Gasteiger partial charge in [-0.2, -0.15) is 0 Å². The van der Waals surface area contributed by atoms with E-state index in [1.807, 2.05) is 18.2 Å². The summed E-state index contributed by atoms with van der Waals surface area (Å²) in [5.41, 5.74) is 1.09. The lowest BCUT2D eigenvalue weighted by molar-refractivity contribution is -0.116. The average Bonchev–Trinajstić information content (AvgIpc) is 2.57. The highest BCUT2D eigenvalue weighted by molar-refractivity contribution is 9.13. The molecule has 1 saturated heterocycles. The number of benzene rings is 1. The molecule has 0 aromatic heterocycles. The largest absolute Gasteiger partial charge is 0.363 e. The van der Waals surface area contributed by atoms with Crippen LogP contribution >= 0.6 is 31.9 Å². The average molecular weight is 319 g/mol. The van der Waals surface area contributed by atoms with Crippen LogP contribution in [-0.4, -0.2) is 18.9 Å². The van der Waals surface area contributed by atoms with Gasteiger partial charge in [-0.15, -0.1) is 0 Å². The zero-order valence-corrected chi connectivity index (χ0v) is 10.6. The van der Waals surface area contributed by atoms with Gasteiger partial charge in [0.2, 0.25) is 0 Å². The van der Waals surface area contributed by atoms with E-state index >= 15 is 0 Å². The Morgan fingerprint density at radius 3 is 2.71 bits per heavy atom.